The molecule has 1 atom stereocenters. The zero-order valence-corrected chi connectivity index (χ0v) is 9.69. The van der Waals surface area contributed by atoms with Gasteiger partial charge in [0, 0.05) is 6.42 Å². The summed E-state index contributed by atoms with van der Waals surface area (Å²) in [5.74, 6) is 5.56. The lowest BCUT2D eigenvalue weighted by molar-refractivity contribution is -0.151. The second-order valence-corrected chi connectivity index (χ2v) is 4.26. The van der Waals surface area contributed by atoms with Crippen LogP contribution < -0.4 is 4.74 Å². The lowest BCUT2D eigenvalue weighted by Crippen LogP contribution is -2.41. The number of aliphatic carboxylic acids is 1. The van der Waals surface area contributed by atoms with Gasteiger partial charge < -0.3 is 9.84 Å². The summed E-state index contributed by atoms with van der Waals surface area (Å²) in [6.45, 7) is 1.90. The molecule has 0 aliphatic carbocycles. The first-order chi connectivity index (χ1) is 8.18. The van der Waals surface area contributed by atoms with E-state index in [9.17, 15) is 9.90 Å². The average molecular weight is 230 g/mol. The van der Waals surface area contributed by atoms with Gasteiger partial charge in [-0.05, 0) is 25.0 Å². The van der Waals surface area contributed by atoms with Gasteiger partial charge in [0.25, 0.3) is 0 Å². The summed E-state index contributed by atoms with van der Waals surface area (Å²) in [6.07, 6.45) is 0.806. The Balaban J connectivity index is 2.32. The van der Waals surface area contributed by atoms with Crippen LogP contribution in [0.15, 0.2) is 24.3 Å². The summed E-state index contributed by atoms with van der Waals surface area (Å²) >= 11 is 0. The van der Waals surface area contributed by atoms with Crippen LogP contribution in [-0.4, -0.2) is 17.7 Å². The SMILES string of the molecule is CC#CCC1(C(=O)O)COc2ccccc2C1. The number of hydrogen-bond acceptors (Lipinski definition) is 2. The molecule has 1 aromatic carbocycles. The second kappa shape index (κ2) is 4.50. The fourth-order valence-corrected chi connectivity index (χ4v) is 2.01. The minimum absolute atomic E-state index is 0.189. The first-order valence-corrected chi connectivity index (χ1v) is 5.52. The molecule has 0 spiro atoms. The van der Waals surface area contributed by atoms with Gasteiger partial charge in [-0.15, -0.1) is 11.8 Å². The topological polar surface area (TPSA) is 46.5 Å². The number of rotatable bonds is 2. The predicted molar refractivity (Wildman–Crippen MR) is 63.8 cm³/mol. The van der Waals surface area contributed by atoms with Crippen LogP contribution in [-0.2, 0) is 11.2 Å². The fourth-order valence-electron chi connectivity index (χ4n) is 2.01. The van der Waals surface area contributed by atoms with Crippen molar-refractivity contribution < 1.29 is 14.6 Å². The average Bonchev–Trinajstić information content (AvgIpc) is 2.36. The molecular weight excluding hydrogens is 216 g/mol. The van der Waals surface area contributed by atoms with E-state index in [1.165, 1.54) is 0 Å². The van der Waals surface area contributed by atoms with Gasteiger partial charge in [-0.1, -0.05) is 18.2 Å². The molecule has 0 saturated carbocycles. The van der Waals surface area contributed by atoms with Crippen LogP contribution >= 0.6 is 0 Å². The molecule has 1 unspecified atom stereocenters. The third-order valence-corrected chi connectivity index (χ3v) is 3.06. The highest BCUT2D eigenvalue weighted by Crippen LogP contribution is 2.36. The molecule has 0 aromatic heterocycles. The van der Waals surface area contributed by atoms with E-state index in [2.05, 4.69) is 11.8 Å². The van der Waals surface area contributed by atoms with Crippen LogP contribution in [0.25, 0.3) is 0 Å². The maximum absolute atomic E-state index is 11.4. The van der Waals surface area contributed by atoms with Gasteiger partial charge >= 0.3 is 5.97 Å². The van der Waals surface area contributed by atoms with Crippen LogP contribution in [0.2, 0.25) is 0 Å². The summed E-state index contributed by atoms with van der Waals surface area (Å²) in [5.41, 5.74) is 0.0382. The summed E-state index contributed by atoms with van der Waals surface area (Å²) in [5, 5.41) is 9.39. The predicted octanol–water partition coefficient (Wildman–Crippen LogP) is 2.11. The van der Waals surface area contributed by atoms with Crippen LogP contribution in [0.3, 0.4) is 0 Å². The molecule has 1 aliphatic rings. The monoisotopic (exact) mass is 230 g/mol. The molecule has 1 heterocycles. The minimum Gasteiger partial charge on any atom is -0.492 e. The zero-order valence-electron chi connectivity index (χ0n) is 9.69. The van der Waals surface area contributed by atoms with Gasteiger partial charge in [0.2, 0.25) is 0 Å². The van der Waals surface area contributed by atoms with Crippen LogP contribution in [0.1, 0.15) is 18.9 Å². The maximum atomic E-state index is 11.4. The Morgan fingerprint density at radius 3 is 3.00 bits per heavy atom. The van der Waals surface area contributed by atoms with Crippen LogP contribution in [0.4, 0.5) is 0 Å². The molecule has 0 bridgehead atoms. The van der Waals surface area contributed by atoms with E-state index in [1.54, 1.807) is 6.92 Å². The van der Waals surface area contributed by atoms with Crippen molar-refractivity contribution in [3.63, 3.8) is 0 Å². The van der Waals surface area contributed by atoms with Gasteiger partial charge in [0.1, 0.15) is 17.8 Å². The van der Waals surface area contributed by atoms with E-state index in [4.69, 9.17) is 4.74 Å². The van der Waals surface area contributed by atoms with E-state index in [0.717, 1.165) is 11.3 Å². The van der Waals surface area contributed by atoms with Crippen molar-refractivity contribution in [2.24, 2.45) is 5.41 Å². The quantitative estimate of drug-likeness (QED) is 0.791. The normalized spacial score (nSPS) is 21.7. The molecule has 1 aromatic rings. The Hall–Kier alpha value is -1.95. The van der Waals surface area contributed by atoms with E-state index < -0.39 is 11.4 Å². The Morgan fingerprint density at radius 2 is 2.29 bits per heavy atom. The van der Waals surface area contributed by atoms with Gasteiger partial charge in [-0.2, -0.15) is 0 Å². The number of para-hydroxylation sites is 1. The number of carboxylic acids is 1. The minimum atomic E-state index is -0.905. The molecule has 88 valence electrons. The number of carboxylic acid groups (broad SMARTS) is 1. The Labute approximate surface area is 100 Å². The van der Waals surface area contributed by atoms with Crippen molar-refractivity contribution >= 4 is 5.97 Å². The van der Waals surface area contributed by atoms with Crippen molar-refractivity contribution in [3.8, 4) is 17.6 Å². The highest BCUT2D eigenvalue weighted by Gasteiger charge is 2.42. The van der Waals surface area contributed by atoms with E-state index >= 15 is 0 Å². The molecular formula is C14H14O3. The van der Waals surface area contributed by atoms with E-state index in [0.29, 0.717) is 12.8 Å². The maximum Gasteiger partial charge on any atom is 0.314 e. The van der Waals surface area contributed by atoms with Crippen LogP contribution in [0.5, 0.6) is 5.75 Å². The van der Waals surface area contributed by atoms with Crippen molar-refractivity contribution in [1.82, 2.24) is 0 Å². The van der Waals surface area contributed by atoms with Crippen molar-refractivity contribution in [2.75, 3.05) is 6.61 Å². The molecule has 0 saturated heterocycles. The Morgan fingerprint density at radius 1 is 1.53 bits per heavy atom. The standard InChI is InChI=1S/C14H14O3/c1-2-3-8-14(13(15)16)9-11-6-4-5-7-12(11)17-10-14/h4-7H,8-10H2,1H3,(H,15,16). The zero-order chi connectivity index (χ0) is 12.3. The molecule has 0 fully saturated rings. The molecule has 0 amide bonds. The Kier molecular flexibility index (Phi) is 3.06. The number of benzene rings is 1. The highest BCUT2D eigenvalue weighted by molar-refractivity contribution is 5.76. The molecule has 1 aliphatic heterocycles. The summed E-state index contributed by atoms with van der Waals surface area (Å²) in [7, 11) is 0. The lowest BCUT2D eigenvalue weighted by atomic mass is 9.78. The lowest BCUT2D eigenvalue weighted by Gasteiger charge is -2.32. The van der Waals surface area contributed by atoms with Crippen molar-refractivity contribution in [2.45, 2.75) is 19.8 Å². The summed E-state index contributed by atoms with van der Waals surface area (Å²) in [4.78, 5) is 11.4. The Bertz CT molecular complexity index is 496. The van der Waals surface area contributed by atoms with Crippen molar-refractivity contribution in [1.29, 1.82) is 0 Å². The molecule has 2 rings (SSSR count). The third kappa shape index (κ3) is 2.12. The fraction of sp³-hybridized carbons (Fsp3) is 0.357. The highest BCUT2D eigenvalue weighted by atomic mass is 16.5. The van der Waals surface area contributed by atoms with Gasteiger partial charge in [0.15, 0.2) is 0 Å². The number of hydrogen-bond donors (Lipinski definition) is 1. The van der Waals surface area contributed by atoms with Gasteiger partial charge in [-0.25, -0.2) is 0 Å². The smallest absolute Gasteiger partial charge is 0.314 e. The van der Waals surface area contributed by atoms with Crippen LogP contribution in [0, 0.1) is 17.3 Å². The van der Waals surface area contributed by atoms with Gasteiger partial charge in [0.05, 0.1) is 0 Å². The first kappa shape index (κ1) is 11.5. The second-order valence-electron chi connectivity index (χ2n) is 4.26. The summed E-state index contributed by atoms with van der Waals surface area (Å²) in [6, 6.07) is 7.56. The van der Waals surface area contributed by atoms with E-state index in [-0.39, 0.29) is 6.61 Å². The molecule has 17 heavy (non-hydrogen) atoms. The van der Waals surface area contributed by atoms with Crippen molar-refractivity contribution in [3.05, 3.63) is 29.8 Å². The summed E-state index contributed by atoms with van der Waals surface area (Å²) < 4.78 is 5.55. The largest absolute Gasteiger partial charge is 0.492 e. The van der Waals surface area contributed by atoms with Gasteiger partial charge in [-0.3, -0.25) is 4.79 Å². The number of fused-ring (bicyclic) bond motifs is 1. The molecule has 3 nitrogen and oxygen atoms in total. The first-order valence-electron chi connectivity index (χ1n) is 5.52. The van der Waals surface area contributed by atoms with E-state index in [1.807, 2.05) is 24.3 Å². The number of carbonyl (C=O) groups is 1. The molecule has 1 N–H and O–H groups in total. The number of ether oxygens (including phenoxy) is 1. The third-order valence-electron chi connectivity index (χ3n) is 3.06. The molecule has 3 heteroatoms. The molecule has 0 radical (unpaired) electrons.